The smallest absolute Gasteiger partial charge is 0.251 e. The van der Waals surface area contributed by atoms with Crippen LogP contribution in [-0.2, 0) is 4.79 Å². The number of rotatable bonds is 3. The van der Waals surface area contributed by atoms with Crippen molar-refractivity contribution in [3.63, 3.8) is 0 Å². The van der Waals surface area contributed by atoms with Gasteiger partial charge in [0.05, 0.1) is 12.2 Å². The van der Waals surface area contributed by atoms with Gasteiger partial charge in [0, 0.05) is 42.2 Å². The molecule has 1 aromatic carbocycles. The zero-order valence-corrected chi connectivity index (χ0v) is 15.4. The molecule has 0 radical (unpaired) electrons. The van der Waals surface area contributed by atoms with E-state index in [1.54, 1.807) is 17.2 Å². The van der Waals surface area contributed by atoms with E-state index in [1.165, 1.54) is 6.42 Å². The van der Waals surface area contributed by atoms with Gasteiger partial charge in [0.1, 0.15) is 11.8 Å². The molecular weight excluding hydrogens is 344 g/mol. The van der Waals surface area contributed by atoms with Crippen molar-refractivity contribution in [2.45, 2.75) is 37.4 Å². The molecule has 4 heterocycles. The average Bonchev–Trinajstić information content (AvgIpc) is 3.36. The molecule has 3 atom stereocenters. The molecule has 0 spiro atoms. The van der Waals surface area contributed by atoms with E-state index in [0.717, 1.165) is 30.5 Å². The standard InChI is InChI=1S/C20H24N4O3/c1-23-6-7-24(19(25)10-23)17-11-27-18-5-2-12(8-14(17)18)20(26)22-16-9-13-3-4-15(16)21-13/h2,5,8,11,13,15-16,21H,3-4,6-7,9-10H2,1H3,(H,22,26)/t13-,15+,16-/m1/s1. The molecule has 0 saturated carbocycles. The Balaban J connectivity index is 1.39. The molecule has 3 aliphatic heterocycles. The van der Waals surface area contributed by atoms with Gasteiger partial charge in [-0.1, -0.05) is 0 Å². The summed E-state index contributed by atoms with van der Waals surface area (Å²) in [5, 5.41) is 7.53. The summed E-state index contributed by atoms with van der Waals surface area (Å²) < 4.78 is 5.64. The van der Waals surface area contributed by atoms with Crippen molar-refractivity contribution >= 4 is 28.5 Å². The zero-order valence-electron chi connectivity index (χ0n) is 15.4. The maximum atomic E-state index is 12.8. The summed E-state index contributed by atoms with van der Waals surface area (Å²) >= 11 is 0. The molecule has 0 aliphatic carbocycles. The van der Waals surface area contributed by atoms with E-state index >= 15 is 0 Å². The zero-order chi connectivity index (χ0) is 18.5. The van der Waals surface area contributed by atoms with Crippen LogP contribution in [0.3, 0.4) is 0 Å². The molecule has 2 bridgehead atoms. The fraction of sp³-hybridized carbons (Fsp3) is 0.500. The maximum Gasteiger partial charge on any atom is 0.251 e. The quantitative estimate of drug-likeness (QED) is 0.855. The van der Waals surface area contributed by atoms with Crippen LogP contribution < -0.4 is 15.5 Å². The van der Waals surface area contributed by atoms with Crippen molar-refractivity contribution in [2.75, 3.05) is 31.6 Å². The van der Waals surface area contributed by atoms with Crippen LogP contribution in [0.1, 0.15) is 29.6 Å². The predicted molar refractivity (Wildman–Crippen MR) is 102 cm³/mol. The van der Waals surface area contributed by atoms with Gasteiger partial charge >= 0.3 is 0 Å². The highest BCUT2D eigenvalue weighted by atomic mass is 16.3. The first kappa shape index (κ1) is 16.8. The van der Waals surface area contributed by atoms with Crippen molar-refractivity contribution in [3.05, 3.63) is 30.0 Å². The van der Waals surface area contributed by atoms with Gasteiger partial charge in [-0.05, 0) is 44.5 Å². The van der Waals surface area contributed by atoms with Crippen LogP contribution in [0.15, 0.2) is 28.9 Å². The van der Waals surface area contributed by atoms with Crippen LogP contribution in [0.25, 0.3) is 11.0 Å². The van der Waals surface area contributed by atoms with E-state index < -0.39 is 0 Å². The molecule has 3 fully saturated rings. The summed E-state index contributed by atoms with van der Waals surface area (Å²) in [7, 11) is 1.94. The third-order valence-corrected chi connectivity index (χ3v) is 6.13. The first-order valence-electron chi connectivity index (χ1n) is 9.65. The van der Waals surface area contributed by atoms with Crippen molar-refractivity contribution in [2.24, 2.45) is 0 Å². The summed E-state index contributed by atoms with van der Waals surface area (Å²) in [4.78, 5) is 29.0. The van der Waals surface area contributed by atoms with Crippen molar-refractivity contribution in [3.8, 4) is 0 Å². The van der Waals surface area contributed by atoms with Crippen LogP contribution in [-0.4, -0.2) is 61.5 Å². The van der Waals surface area contributed by atoms with E-state index in [2.05, 4.69) is 10.6 Å². The molecule has 142 valence electrons. The molecular formula is C20H24N4O3. The molecule has 3 saturated heterocycles. The number of benzene rings is 1. The normalized spacial score (nSPS) is 28.3. The van der Waals surface area contributed by atoms with Crippen LogP contribution in [0, 0.1) is 0 Å². The lowest BCUT2D eigenvalue weighted by Crippen LogP contribution is -2.48. The Labute approximate surface area is 157 Å². The van der Waals surface area contributed by atoms with Crippen LogP contribution >= 0.6 is 0 Å². The number of carbonyl (C=O) groups is 2. The molecule has 5 rings (SSSR count). The van der Waals surface area contributed by atoms with E-state index in [0.29, 0.717) is 36.3 Å². The van der Waals surface area contributed by atoms with E-state index in [-0.39, 0.29) is 17.9 Å². The second kappa shape index (κ2) is 6.35. The minimum absolute atomic E-state index is 0.0503. The molecule has 27 heavy (non-hydrogen) atoms. The number of furan rings is 1. The van der Waals surface area contributed by atoms with Crippen LogP contribution in [0.5, 0.6) is 0 Å². The number of nitrogens with one attached hydrogen (secondary N) is 2. The molecule has 0 unspecified atom stereocenters. The van der Waals surface area contributed by atoms with Crippen molar-refractivity contribution in [1.29, 1.82) is 0 Å². The summed E-state index contributed by atoms with van der Waals surface area (Å²) in [6.45, 7) is 1.83. The number of hydrogen-bond acceptors (Lipinski definition) is 5. The lowest BCUT2D eigenvalue weighted by Gasteiger charge is -2.31. The Hall–Kier alpha value is -2.38. The molecule has 3 aliphatic rings. The molecule has 1 aromatic heterocycles. The number of anilines is 1. The third-order valence-electron chi connectivity index (χ3n) is 6.13. The van der Waals surface area contributed by atoms with Gasteiger partial charge in [-0.3, -0.25) is 14.5 Å². The molecule has 2 amide bonds. The van der Waals surface area contributed by atoms with Gasteiger partial charge in [0.15, 0.2) is 0 Å². The minimum atomic E-state index is -0.0619. The fourth-order valence-corrected chi connectivity index (χ4v) is 4.65. The Kier molecular flexibility index (Phi) is 3.94. The number of likely N-dealkylation sites (N-methyl/N-ethyl adjacent to an activating group) is 1. The van der Waals surface area contributed by atoms with Gasteiger partial charge in [0.2, 0.25) is 5.91 Å². The highest BCUT2D eigenvalue weighted by Crippen LogP contribution is 2.32. The monoisotopic (exact) mass is 368 g/mol. The highest BCUT2D eigenvalue weighted by Gasteiger charge is 2.39. The number of amides is 2. The topological polar surface area (TPSA) is 77.8 Å². The van der Waals surface area contributed by atoms with Gasteiger partial charge in [-0.15, -0.1) is 0 Å². The van der Waals surface area contributed by atoms with Crippen molar-refractivity contribution in [1.82, 2.24) is 15.5 Å². The number of piperazine rings is 1. The average molecular weight is 368 g/mol. The SMILES string of the molecule is CN1CCN(c2coc3ccc(C(=O)N[C@@H]4C[C@H]5CC[C@@H]4N5)cc23)C(=O)C1. The second-order valence-electron chi connectivity index (χ2n) is 7.98. The summed E-state index contributed by atoms with van der Waals surface area (Å²) in [5.74, 6) is -0.0116. The van der Waals surface area contributed by atoms with Gasteiger partial charge in [-0.25, -0.2) is 0 Å². The Morgan fingerprint density at radius 3 is 2.93 bits per heavy atom. The number of carbonyl (C=O) groups excluding carboxylic acids is 2. The maximum absolute atomic E-state index is 12.8. The molecule has 7 heteroatoms. The van der Waals surface area contributed by atoms with E-state index in [9.17, 15) is 9.59 Å². The Morgan fingerprint density at radius 1 is 1.30 bits per heavy atom. The molecule has 7 nitrogen and oxygen atoms in total. The van der Waals surface area contributed by atoms with Gasteiger partial charge < -0.3 is 20.0 Å². The Bertz CT molecular complexity index is 908. The molecule has 2 N–H and O–H groups in total. The third kappa shape index (κ3) is 2.91. The fourth-order valence-electron chi connectivity index (χ4n) is 4.65. The summed E-state index contributed by atoms with van der Waals surface area (Å²) in [6.07, 6.45) is 4.97. The predicted octanol–water partition coefficient (Wildman–Crippen LogP) is 1.33. The van der Waals surface area contributed by atoms with Crippen molar-refractivity contribution < 1.29 is 14.0 Å². The van der Waals surface area contributed by atoms with Crippen LogP contribution in [0.4, 0.5) is 5.69 Å². The van der Waals surface area contributed by atoms with Gasteiger partial charge in [-0.2, -0.15) is 0 Å². The van der Waals surface area contributed by atoms with Crippen LogP contribution in [0.2, 0.25) is 0 Å². The van der Waals surface area contributed by atoms with E-state index in [1.807, 2.05) is 24.1 Å². The number of hydrogen-bond donors (Lipinski definition) is 2. The largest absolute Gasteiger partial charge is 0.462 e. The first-order valence-corrected chi connectivity index (χ1v) is 9.65. The first-order chi connectivity index (χ1) is 13.1. The second-order valence-corrected chi connectivity index (χ2v) is 7.98. The van der Waals surface area contributed by atoms with E-state index in [4.69, 9.17) is 4.42 Å². The summed E-state index contributed by atoms with van der Waals surface area (Å²) in [5.41, 5.74) is 2.05. The number of nitrogens with zero attached hydrogens (tertiary/aromatic N) is 2. The lowest BCUT2D eigenvalue weighted by atomic mass is 9.95. The highest BCUT2D eigenvalue weighted by molar-refractivity contribution is 6.06. The molecule has 2 aromatic rings. The lowest BCUT2D eigenvalue weighted by molar-refractivity contribution is -0.120. The van der Waals surface area contributed by atoms with Gasteiger partial charge in [0.25, 0.3) is 5.91 Å². The minimum Gasteiger partial charge on any atom is -0.462 e. The summed E-state index contributed by atoms with van der Waals surface area (Å²) in [6, 6.07) is 6.59. The number of fused-ring (bicyclic) bond motifs is 3. The Morgan fingerprint density at radius 2 is 2.19 bits per heavy atom.